The van der Waals surface area contributed by atoms with Crippen LogP contribution >= 0.6 is 27.5 Å². The average Bonchev–Trinajstić information content (AvgIpc) is 3.22. The summed E-state index contributed by atoms with van der Waals surface area (Å²) in [5.74, 6) is -0.194. The Morgan fingerprint density at radius 2 is 2.17 bits per heavy atom. The summed E-state index contributed by atoms with van der Waals surface area (Å²) in [5, 5.41) is 10.9. The number of rotatable bonds is 5. The number of aromatic nitrogens is 4. The lowest BCUT2D eigenvalue weighted by Gasteiger charge is -2.07. The Hall–Kier alpha value is -2.80. The van der Waals surface area contributed by atoms with Crippen LogP contribution in [0.25, 0.3) is 0 Å². The number of carbonyl (C=O) groups excluding carboxylic acids is 1. The molecule has 0 spiro atoms. The largest absolute Gasteiger partial charge is 0.439 e. The van der Waals surface area contributed by atoms with E-state index in [9.17, 15) is 18.0 Å². The van der Waals surface area contributed by atoms with Crippen molar-refractivity contribution in [3.63, 3.8) is 0 Å². The van der Waals surface area contributed by atoms with E-state index in [4.69, 9.17) is 4.74 Å². The summed E-state index contributed by atoms with van der Waals surface area (Å²) in [6, 6.07) is 7.12. The lowest BCUT2D eigenvalue weighted by atomic mass is 10.3. The Morgan fingerprint density at radius 1 is 1.41 bits per heavy atom. The van der Waals surface area contributed by atoms with Gasteiger partial charge in [-0.1, -0.05) is 26.5 Å². The second-order valence-electron chi connectivity index (χ2n) is 5.63. The number of halogens is 4. The van der Waals surface area contributed by atoms with E-state index in [1.807, 2.05) is 11.5 Å². The fourth-order valence-electron chi connectivity index (χ4n) is 2.30. The van der Waals surface area contributed by atoms with E-state index in [0.29, 0.717) is 34.4 Å². The molecular formula is C16H12BrF3N6O2S. The SMILES string of the molecule is Cc1nn(C)c(Oc2cccc(Br)c2)c1/C=N/NC(=O)c1snnc1C(F)(F)F. The minimum atomic E-state index is -4.78. The average molecular weight is 489 g/mol. The van der Waals surface area contributed by atoms with Gasteiger partial charge < -0.3 is 4.74 Å². The first-order chi connectivity index (χ1) is 13.7. The maximum Gasteiger partial charge on any atom is 0.436 e. The lowest BCUT2D eigenvalue weighted by Crippen LogP contribution is -2.21. The molecule has 0 saturated carbocycles. The molecule has 0 radical (unpaired) electrons. The van der Waals surface area contributed by atoms with Gasteiger partial charge in [-0.05, 0) is 36.7 Å². The normalized spacial score (nSPS) is 11.8. The third kappa shape index (κ3) is 4.79. The van der Waals surface area contributed by atoms with Crippen molar-refractivity contribution in [1.82, 2.24) is 24.8 Å². The number of hydrogen-bond acceptors (Lipinski definition) is 7. The fraction of sp³-hybridized carbons (Fsp3) is 0.188. The maximum atomic E-state index is 12.8. The van der Waals surface area contributed by atoms with Crippen LogP contribution in [0.3, 0.4) is 0 Å². The molecule has 0 aliphatic rings. The minimum Gasteiger partial charge on any atom is -0.439 e. The smallest absolute Gasteiger partial charge is 0.436 e. The number of alkyl halides is 3. The second kappa shape index (κ2) is 8.29. The van der Waals surface area contributed by atoms with Gasteiger partial charge in [0.15, 0.2) is 5.69 Å². The topological polar surface area (TPSA) is 94.3 Å². The van der Waals surface area contributed by atoms with Crippen LogP contribution < -0.4 is 10.2 Å². The van der Waals surface area contributed by atoms with Crippen molar-refractivity contribution in [3.05, 3.63) is 50.6 Å². The minimum absolute atomic E-state index is 0.332. The zero-order valence-corrected chi connectivity index (χ0v) is 17.3. The van der Waals surface area contributed by atoms with Crippen LogP contribution in [-0.4, -0.2) is 31.5 Å². The molecule has 0 aliphatic carbocycles. The van der Waals surface area contributed by atoms with Crippen molar-refractivity contribution in [3.8, 4) is 11.6 Å². The number of ether oxygens (including phenoxy) is 1. The first kappa shape index (κ1) is 20.9. The maximum absolute atomic E-state index is 12.8. The molecule has 1 N–H and O–H groups in total. The first-order valence-corrected chi connectivity index (χ1v) is 9.43. The molecule has 152 valence electrons. The van der Waals surface area contributed by atoms with Crippen LogP contribution in [0.1, 0.15) is 26.6 Å². The van der Waals surface area contributed by atoms with Gasteiger partial charge in [-0.3, -0.25) is 4.79 Å². The van der Waals surface area contributed by atoms with E-state index in [-0.39, 0.29) is 0 Å². The Morgan fingerprint density at radius 3 is 2.86 bits per heavy atom. The van der Waals surface area contributed by atoms with E-state index in [1.54, 1.807) is 32.2 Å². The number of nitrogens with zero attached hydrogens (tertiary/aromatic N) is 5. The van der Waals surface area contributed by atoms with Gasteiger partial charge in [-0.2, -0.15) is 23.4 Å². The van der Waals surface area contributed by atoms with Crippen LogP contribution in [0.4, 0.5) is 13.2 Å². The van der Waals surface area contributed by atoms with Gasteiger partial charge in [0, 0.05) is 11.5 Å². The molecule has 13 heteroatoms. The summed E-state index contributed by atoms with van der Waals surface area (Å²) in [4.78, 5) is 11.3. The number of carbonyl (C=O) groups is 1. The number of amides is 1. The number of hydrazone groups is 1. The number of nitrogens with one attached hydrogen (secondary N) is 1. The Bertz CT molecular complexity index is 1080. The Labute approximate surface area is 174 Å². The molecule has 1 amide bonds. The van der Waals surface area contributed by atoms with Crippen molar-refractivity contribution in [2.24, 2.45) is 12.1 Å². The van der Waals surface area contributed by atoms with Gasteiger partial charge >= 0.3 is 6.18 Å². The molecule has 0 aliphatic heterocycles. The number of aryl methyl sites for hydroxylation is 2. The van der Waals surface area contributed by atoms with E-state index >= 15 is 0 Å². The van der Waals surface area contributed by atoms with Crippen molar-refractivity contribution in [2.45, 2.75) is 13.1 Å². The van der Waals surface area contributed by atoms with Crippen LogP contribution in [0.2, 0.25) is 0 Å². The Kier molecular flexibility index (Phi) is 5.98. The van der Waals surface area contributed by atoms with Gasteiger partial charge in [0.1, 0.15) is 10.6 Å². The molecule has 0 unspecified atom stereocenters. The monoisotopic (exact) mass is 488 g/mol. The molecule has 2 heterocycles. The molecule has 2 aromatic heterocycles. The van der Waals surface area contributed by atoms with Crippen molar-refractivity contribution >= 4 is 39.6 Å². The molecule has 0 fully saturated rings. The highest BCUT2D eigenvalue weighted by Crippen LogP contribution is 2.31. The van der Waals surface area contributed by atoms with Crippen molar-refractivity contribution < 1.29 is 22.7 Å². The second-order valence-corrected chi connectivity index (χ2v) is 7.30. The third-order valence-electron chi connectivity index (χ3n) is 3.55. The summed E-state index contributed by atoms with van der Waals surface area (Å²) in [7, 11) is 1.66. The third-order valence-corrected chi connectivity index (χ3v) is 4.77. The molecule has 8 nitrogen and oxygen atoms in total. The zero-order chi connectivity index (χ0) is 21.2. The highest BCUT2D eigenvalue weighted by Gasteiger charge is 2.39. The van der Waals surface area contributed by atoms with E-state index in [2.05, 4.69) is 35.7 Å². The van der Waals surface area contributed by atoms with Crippen LogP contribution in [0.15, 0.2) is 33.8 Å². The van der Waals surface area contributed by atoms with Gasteiger partial charge in [-0.25, -0.2) is 10.1 Å². The number of benzene rings is 1. The molecule has 1 aromatic carbocycles. The quantitative estimate of drug-likeness (QED) is 0.433. The van der Waals surface area contributed by atoms with Crippen LogP contribution in [-0.2, 0) is 13.2 Å². The van der Waals surface area contributed by atoms with E-state index in [0.717, 1.165) is 4.47 Å². The molecule has 3 rings (SSSR count). The standard InChI is InChI=1S/C16H12BrF3N6O2S/c1-8-11(15(26(2)24-8)28-10-5-3-4-9(17)6-10)7-21-23-14(27)12-13(16(18,19)20)22-25-29-12/h3-7H,1-2H3,(H,23,27)/b21-7+. The van der Waals surface area contributed by atoms with Gasteiger partial charge in [0.05, 0.1) is 17.5 Å². The van der Waals surface area contributed by atoms with Crippen molar-refractivity contribution in [1.29, 1.82) is 0 Å². The van der Waals surface area contributed by atoms with Gasteiger partial charge in [-0.15, -0.1) is 5.10 Å². The summed E-state index contributed by atoms with van der Waals surface area (Å²) < 4.78 is 49.8. The van der Waals surface area contributed by atoms with E-state index in [1.165, 1.54) is 10.9 Å². The summed E-state index contributed by atoms with van der Waals surface area (Å²) >= 11 is 3.68. The van der Waals surface area contributed by atoms with Crippen LogP contribution in [0, 0.1) is 6.92 Å². The zero-order valence-electron chi connectivity index (χ0n) is 14.9. The molecule has 0 atom stereocenters. The van der Waals surface area contributed by atoms with Crippen LogP contribution in [0.5, 0.6) is 11.6 Å². The molecule has 0 saturated heterocycles. The van der Waals surface area contributed by atoms with Gasteiger partial charge in [0.25, 0.3) is 5.91 Å². The van der Waals surface area contributed by atoms with Gasteiger partial charge in [0.2, 0.25) is 5.88 Å². The van der Waals surface area contributed by atoms with Crippen molar-refractivity contribution in [2.75, 3.05) is 0 Å². The Balaban J connectivity index is 1.79. The highest BCUT2D eigenvalue weighted by molar-refractivity contribution is 9.10. The predicted octanol–water partition coefficient (Wildman–Crippen LogP) is 3.92. The predicted molar refractivity (Wildman–Crippen MR) is 102 cm³/mol. The highest BCUT2D eigenvalue weighted by atomic mass is 79.9. The first-order valence-electron chi connectivity index (χ1n) is 7.86. The number of hydrogen-bond donors (Lipinski definition) is 1. The molecular weight excluding hydrogens is 477 g/mol. The fourth-order valence-corrected chi connectivity index (χ4v) is 3.25. The summed E-state index contributed by atoms with van der Waals surface area (Å²) in [5.41, 5.74) is 1.69. The van der Waals surface area contributed by atoms with E-state index < -0.39 is 22.7 Å². The lowest BCUT2D eigenvalue weighted by molar-refractivity contribution is -0.141. The summed E-state index contributed by atoms with van der Waals surface area (Å²) in [6.45, 7) is 1.70. The summed E-state index contributed by atoms with van der Waals surface area (Å²) in [6.07, 6.45) is -3.54. The molecule has 0 bridgehead atoms. The molecule has 3 aromatic rings. The molecule has 29 heavy (non-hydrogen) atoms.